The number of hydrogen-bond donors (Lipinski definition) is 1. The second kappa shape index (κ2) is 8.06. The molecule has 0 spiro atoms. The first-order valence-electron chi connectivity index (χ1n) is 10.4. The summed E-state index contributed by atoms with van der Waals surface area (Å²) in [5, 5.41) is 14.0. The summed E-state index contributed by atoms with van der Waals surface area (Å²) in [6, 6.07) is 5.51. The lowest BCUT2D eigenvalue weighted by Gasteiger charge is -2.41. The van der Waals surface area contributed by atoms with E-state index in [1.807, 2.05) is 0 Å². The van der Waals surface area contributed by atoms with Crippen molar-refractivity contribution >= 4 is 5.91 Å². The average molecular weight is 422 g/mol. The molecule has 2 heterocycles. The number of carbonyl (C=O) groups excluding carboxylic acids is 1. The van der Waals surface area contributed by atoms with Crippen LogP contribution in [0.4, 0.5) is 13.2 Å². The molecule has 30 heavy (non-hydrogen) atoms. The van der Waals surface area contributed by atoms with Crippen molar-refractivity contribution in [1.29, 1.82) is 0 Å². The van der Waals surface area contributed by atoms with Crippen LogP contribution in [0.3, 0.4) is 0 Å². The van der Waals surface area contributed by atoms with Crippen molar-refractivity contribution in [3.8, 4) is 0 Å². The van der Waals surface area contributed by atoms with E-state index in [4.69, 9.17) is 4.52 Å². The van der Waals surface area contributed by atoms with Gasteiger partial charge in [0.1, 0.15) is 5.76 Å². The molecular weight excluding hydrogens is 397 g/mol. The predicted octanol–water partition coefficient (Wildman–Crippen LogP) is 4.03. The fourth-order valence-corrected chi connectivity index (χ4v) is 4.63. The number of piperidine rings is 1. The third-order valence-electron chi connectivity index (χ3n) is 6.49. The van der Waals surface area contributed by atoms with Gasteiger partial charge < -0.3 is 14.5 Å². The number of aliphatic hydroxyl groups is 1. The Bertz CT molecular complexity index is 915. The highest BCUT2D eigenvalue weighted by Gasteiger charge is 2.40. The number of carbonyl (C=O) groups is 1. The molecule has 1 aliphatic carbocycles. The van der Waals surface area contributed by atoms with E-state index in [0.717, 1.165) is 43.1 Å². The van der Waals surface area contributed by atoms with E-state index in [-0.39, 0.29) is 24.5 Å². The molecular formula is C22H25F3N2O3. The summed E-state index contributed by atoms with van der Waals surface area (Å²) in [6.07, 6.45) is 0.155. The highest BCUT2D eigenvalue weighted by molar-refractivity contribution is 5.94. The molecule has 1 aromatic carbocycles. The van der Waals surface area contributed by atoms with Gasteiger partial charge in [0.15, 0.2) is 5.69 Å². The minimum absolute atomic E-state index is 0.126. The van der Waals surface area contributed by atoms with E-state index in [0.29, 0.717) is 31.6 Å². The van der Waals surface area contributed by atoms with Crippen molar-refractivity contribution < 1.29 is 27.6 Å². The van der Waals surface area contributed by atoms with Gasteiger partial charge in [0.2, 0.25) is 0 Å². The van der Waals surface area contributed by atoms with E-state index in [1.54, 1.807) is 11.0 Å². The molecule has 1 saturated heterocycles. The number of nitrogens with zero attached hydrogens (tertiary/aromatic N) is 2. The van der Waals surface area contributed by atoms with Crippen LogP contribution in [-0.4, -0.2) is 40.8 Å². The minimum Gasteiger partial charge on any atom is -0.396 e. The van der Waals surface area contributed by atoms with Crippen molar-refractivity contribution in [3.63, 3.8) is 0 Å². The van der Waals surface area contributed by atoms with E-state index in [2.05, 4.69) is 5.16 Å². The predicted molar refractivity (Wildman–Crippen MR) is 103 cm³/mol. The van der Waals surface area contributed by atoms with Gasteiger partial charge in [0, 0.05) is 37.1 Å². The molecule has 1 N–H and O–H groups in total. The number of aliphatic hydroxyl groups excluding tert-OH is 1. The van der Waals surface area contributed by atoms with E-state index >= 15 is 0 Å². The van der Waals surface area contributed by atoms with Crippen molar-refractivity contribution in [2.75, 3.05) is 19.7 Å². The fourth-order valence-electron chi connectivity index (χ4n) is 4.63. The lowest BCUT2D eigenvalue weighted by molar-refractivity contribution is -0.138. The molecule has 8 heteroatoms. The van der Waals surface area contributed by atoms with Gasteiger partial charge in [-0.15, -0.1) is 0 Å². The topological polar surface area (TPSA) is 66.6 Å². The Labute approximate surface area is 172 Å². The maximum Gasteiger partial charge on any atom is 0.416 e. The molecule has 1 amide bonds. The molecule has 0 radical (unpaired) electrons. The number of alkyl halides is 3. The Kier molecular flexibility index (Phi) is 5.61. The smallest absolute Gasteiger partial charge is 0.396 e. The zero-order chi connectivity index (χ0) is 21.4. The van der Waals surface area contributed by atoms with Gasteiger partial charge in [-0.2, -0.15) is 13.2 Å². The molecule has 5 nitrogen and oxygen atoms in total. The molecule has 0 bridgehead atoms. The summed E-state index contributed by atoms with van der Waals surface area (Å²) in [5.74, 6) is 0.596. The van der Waals surface area contributed by atoms with Crippen molar-refractivity contribution in [2.45, 2.75) is 51.1 Å². The second-order valence-electron chi connectivity index (χ2n) is 8.42. The number of aryl methyl sites for hydroxylation is 1. The fraction of sp³-hybridized carbons (Fsp3) is 0.545. The number of halogens is 3. The third kappa shape index (κ3) is 3.97. The first kappa shape index (κ1) is 20.9. The molecule has 0 unspecified atom stereocenters. The van der Waals surface area contributed by atoms with Gasteiger partial charge in [-0.3, -0.25) is 4.79 Å². The lowest BCUT2D eigenvalue weighted by atomic mass is 9.73. The van der Waals surface area contributed by atoms with E-state index in [9.17, 15) is 23.1 Å². The lowest BCUT2D eigenvalue weighted by Crippen LogP contribution is -2.46. The molecule has 1 fully saturated rings. The maximum atomic E-state index is 13.4. The molecule has 1 aliphatic heterocycles. The van der Waals surface area contributed by atoms with Gasteiger partial charge in [-0.05, 0) is 50.2 Å². The molecule has 0 atom stereocenters. The van der Waals surface area contributed by atoms with Crippen LogP contribution in [0, 0.1) is 5.41 Å². The van der Waals surface area contributed by atoms with Crippen molar-refractivity contribution in [1.82, 2.24) is 10.1 Å². The summed E-state index contributed by atoms with van der Waals surface area (Å²) in [7, 11) is 0. The molecule has 0 saturated carbocycles. The van der Waals surface area contributed by atoms with Gasteiger partial charge in [0.25, 0.3) is 5.91 Å². The van der Waals surface area contributed by atoms with Gasteiger partial charge in [-0.25, -0.2) is 0 Å². The molecule has 4 rings (SSSR count). The van der Waals surface area contributed by atoms with Crippen LogP contribution in [0.1, 0.15) is 58.6 Å². The number of rotatable bonds is 4. The van der Waals surface area contributed by atoms with Crippen molar-refractivity contribution in [3.05, 3.63) is 52.4 Å². The molecule has 2 aromatic rings. The van der Waals surface area contributed by atoms with Crippen molar-refractivity contribution in [2.24, 2.45) is 5.41 Å². The van der Waals surface area contributed by atoms with E-state index in [1.165, 1.54) is 12.1 Å². The van der Waals surface area contributed by atoms with Crippen LogP contribution in [0.2, 0.25) is 0 Å². The van der Waals surface area contributed by atoms with Crippen LogP contribution in [0.5, 0.6) is 0 Å². The highest BCUT2D eigenvalue weighted by atomic mass is 19.4. The summed E-state index contributed by atoms with van der Waals surface area (Å²) in [4.78, 5) is 14.6. The molecule has 162 valence electrons. The number of likely N-dealkylation sites (tertiary alicyclic amines) is 1. The van der Waals surface area contributed by atoms with Crippen LogP contribution in [0.25, 0.3) is 0 Å². The Morgan fingerprint density at radius 2 is 1.87 bits per heavy atom. The zero-order valence-corrected chi connectivity index (χ0v) is 16.7. The number of hydrogen-bond acceptors (Lipinski definition) is 4. The normalized spacial score (nSPS) is 18.9. The summed E-state index contributed by atoms with van der Waals surface area (Å²) >= 11 is 0. The van der Waals surface area contributed by atoms with Crippen LogP contribution in [-0.2, 0) is 25.4 Å². The molecule has 1 aromatic heterocycles. The first-order chi connectivity index (χ1) is 14.3. The SMILES string of the molecule is O=C(c1noc2c1CCCC2)N1CCC(CO)(Cc2ccccc2C(F)(F)F)CC1. The summed E-state index contributed by atoms with van der Waals surface area (Å²) < 4.78 is 45.4. The monoisotopic (exact) mass is 422 g/mol. The first-order valence-corrected chi connectivity index (χ1v) is 10.4. The van der Waals surface area contributed by atoms with Crippen LogP contribution in [0.15, 0.2) is 28.8 Å². The van der Waals surface area contributed by atoms with Gasteiger partial charge in [0.05, 0.1) is 5.56 Å². The Morgan fingerprint density at radius 1 is 1.17 bits per heavy atom. The second-order valence-corrected chi connectivity index (χ2v) is 8.42. The maximum absolute atomic E-state index is 13.4. The number of aromatic nitrogens is 1. The molecule has 2 aliphatic rings. The Balaban J connectivity index is 1.47. The summed E-state index contributed by atoms with van der Waals surface area (Å²) in [6.45, 7) is 0.519. The standard InChI is InChI=1S/C22H25F3N2O3/c23-22(24,25)17-7-3-1-5-15(17)13-21(14-28)9-11-27(12-10-21)20(29)19-16-6-2-4-8-18(16)30-26-19/h1,3,5,7,28H,2,4,6,8-14H2. The number of benzene rings is 1. The highest BCUT2D eigenvalue weighted by Crippen LogP contribution is 2.39. The van der Waals surface area contributed by atoms with Gasteiger partial charge >= 0.3 is 6.18 Å². The third-order valence-corrected chi connectivity index (χ3v) is 6.49. The summed E-state index contributed by atoms with van der Waals surface area (Å²) in [5.41, 5.74) is 0.101. The largest absolute Gasteiger partial charge is 0.416 e. The number of amides is 1. The van der Waals surface area contributed by atoms with Crippen LogP contribution < -0.4 is 0 Å². The minimum atomic E-state index is -4.43. The quantitative estimate of drug-likeness (QED) is 0.808. The number of fused-ring (bicyclic) bond motifs is 1. The van der Waals surface area contributed by atoms with E-state index < -0.39 is 17.2 Å². The van der Waals surface area contributed by atoms with Crippen LogP contribution >= 0.6 is 0 Å². The van der Waals surface area contributed by atoms with Gasteiger partial charge in [-0.1, -0.05) is 23.4 Å². The average Bonchev–Trinajstić information content (AvgIpc) is 3.17. The zero-order valence-electron chi connectivity index (χ0n) is 16.7. The Hall–Kier alpha value is -2.35. The Morgan fingerprint density at radius 3 is 2.57 bits per heavy atom.